The van der Waals surface area contributed by atoms with Gasteiger partial charge in [-0.1, -0.05) is 24.3 Å². The Morgan fingerprint density at radius 3 is 2.28 bits per heavy atom. The van der Waals surface area contributed by atoms with E-state index >= 15 is 0 Å². The number of ether oxygens (including phenoxy) is 3. The van der Waals surface area contributed by atoms with Gasteiger partial charge in [0.15, 0.2) is 11.5 Å². The molecule has 2 aromatic heterocycles. The van der Waals surface area contributed by atoms with Gasteiger partial charge in [-0.2, -0.15) is 0 Å². The molecule has 0 saturated carbocycles. The van der Waals surface area contributed by atoms with Crippen LogP contribution in [0.1, 0.15) is 0 Å². The van der Waals surface area contributed by atoms with Crippen LogP contribution in [-0.2, 0) is 0 Å². The zero-order chi connectivity index (χ0) is 22.1. The number of methoxy groups -OCH3 is 3. The zero-order valence-electron chi connectivity index (χ0n) is 17.9. The minimum absolute atomic E-state index is 0.479. The molecule has 1 N–H and O–H groups in total. The van der Waals surface area contributed by atoms with Crippen molar-refractivity contribution in [2.75, 3.05) is 26.6 Å². The van der Waals surface area contributed by atoms with E-state index < -0.39 is 0 Å². The number of hydrogen-bond donors (Lipinski definition) is 1. The van der Waals surface area contributed by atoms with Gasteiger partial charge in [0.1, 0.15) is 0 Å². The minimum atomic E-state index is 0.479. The van der Waals surface area contributed by atoms with E-state index in [1.165, 1.54) is 20.2 Å². The summed E-state index contributed by atoms with van der Waals surface area (Å²) in [5, 5.41) is 5.74. The Morgan fingerprint density at radius 1 is 0.781 bits per heavy atom. The first-order chi connectivity index (χ1) is 15.7. The summed E-state index contributed by atoms with van der Waals surface area (Å²) in [6.07, 6.45) is 1.75. The van der Waals surface area contributed by atoms with Gasteiger partial charge in [-0.25, -0.2) is 9.97 Å². The van der Waals surface area contributed by atoms with Crippen LogP contribution in [0.5, 0.6) is 17.2 Å². The summed E-state index contributed by atoms with van der Waals surface area (Å²) in [6.45, 7) is 0. The van der Waals surface area contributed by atoms with Crippen molar-refractivity contribution in [3.63, 3.8) is 0 Å². The number of aromatic nitrogens is 2. The third kappa shape index (κ3) is 3.56. The summed E-state index contributed by atoms with van der Waals surface area (Å²) < 4.78 is 18.8. The lowest BCUT2D eigenvalue weighted by Crippen LogP contribution is -2.00. The van der Waals surface area contributed by atoms with Crippen molar-refractivity contribution in [2.24, 2.45) is 0 Å². The lowest BCUT2D eigenvalue weighted by atomic mass is 10.1. The topological polar surface area (TPSA) is 65.5 Å². The van der Waals surface area contributed by atoms with Crippen LogP contribution in [0.15, 0.2) is 66.9 Å². The number of rotatable bonds is 6. The maximum absolute atomic E-state index is 5.43. The van der Waals surface area contributed by atoms with E-state index in [1.54, 1.807) is 38.9 Å². The average molecular weight is 444 g/mol. The number of nitrogens with zero attached hydrogens (tertiary/aromatic N) is 2. The largest absolute Gasteiger partial charge is 0.493 e. The van der Waals surface area contributed by atoms with Crippen LogP contribution in [0.25, 0.3) is 31.4 Å². The highest BCUT2D eigenvalue weighted by Gasteiger charge is 2.14. The molecule has 2 heterocycles. The number of anilines is 2. The van der Waals surface area contributed by atoms with Crippen molar-refractivity contribution in [1.29, 1.82) is 0 Å². The lowest BCUT2D eigenvalue weighted by Gasteiger charge is -2.14. The van der Waals surface area contributed by atoms with Gasteiger partial charge < -0.3 is 19.5 Å². The second-order valence-corrected chi connectivity index (χ2v) is 8.20. The molecule has 0 unspecified atom stereocenters. The van der Waals surface area contributed by atoms with Crippen molar-refractivity contribution >= 4 is 43.1 Å². The van der Waals surface area contributed by atoms with Crippen molar-refractivity contribution in [3.05, 3.63) is 66.9 Å². The number of benzene rings is 3. The average Bonchev–Trinajstić information content (AvgIpc) is 3.21. The number of nitrogens with one attached hydrogen (secondary N) is 1. The first-order valence-electron chi connectivity index (χ1n) is 10.0. The molecule has 0 amide bonds. The Kier molecular flexibility index (Phi) is 5.25. The molecule has 0 fully saturated rings. The molecule has 6 nitrogen and oxygen atoms in total. The van der Waals surface area contributed by atoms with E-state index in [0.29, 0.717) is 23.2 Å². The predicted molar refractivity (Wildman–Crippen MR) is 130 cm³/mol. The van der Waals surface area contributed by atoms with Gasteiger partial charge in [0.25, 0.3) is 0 Å². The van der Waals surface area contributed by atoms with Gasteiger partial charge in [-0.15, -0.1) is 11.3 Å². The second kappa shape index (κ2) is 8.36. The standard InChI is InChI=1S/C25H21N3O3S/c1-29-20-13-16(14-21(30-2)24(20)31-3)27-25-26-11-10-19(28-25)15-8-9-23-18(12-15)17-6-4-5-7-22(17)32-23/h4-14H,1-3H3,(H,26,27,28). The summed E-state index contributed by atoms with van der Waals surface area (Å²) in [5.41, 5.74) is 2.61. The Bertz CT molecular complexity index is 1410. The Balaban J connectivity index is 1.51. The number of hydrogen-bond acceptors (Lipinski definition) is 7. The summed E-state index contributed by atoms with van der Waals surface area (Å²) in [6, 6.07) is 20.5. The van der Waals surface area contributed by atoms with Crippen molar-refractivity contribution in [2.45, 2.75) is 0 Å². The highest BCUT2D eigenvalue weighted by atomic mass is 32.1. The summed E-state index contributed by atoms with van der Waals surface area (Å²) in [4.78, 5) is 9.11. The van der Waals surface area contributed by atoms with Crippen LogP contribution >= 0.6 is 11.3 Å². The Morgan fingerprint density at radius 2 is 1.53 bits per heavy atom. The highest BCUT2D eigenvalue weighted by molar-refractivity contribution is 7.25. The molecule has 0 atom stereocenters. The zero-order valence-corrected chi connectivity index (χ0v) is 18.7. The van der Waals surface area contributed by atoms with E-state index in [-0.39, 0.29) is 0 Å². The van der Waals surface area contributed by atoms with E-state index in [9.17, 15) is 0 Å². The van der Waals surface area contributed by atoms with E-state index in [1.807, 2.05) is 18.2 Å². The molecule has 5 aromatic rings. The number of thiophene rings is 1. The van der Waals surface area contributed by atoms with Gasteiger partial charge in [-0.3, -0.25) is 0 Å². The van der Waals surface area contributed by atoms with Crippen molar-refractivity contribution < 1.29 is 14.2 Å². The van der Waals surface area contributed by atoms with Gasteiger partial charge >= 0.3 is 0 Å². The Labute approximate surface area is 189 Å². The molecule has 0 saturated heterocycles. The van der Waals surface area contributed by atoms with Crippen LogP contribution in [0.2, 0.25) is 0 Å². The van der Waals surface area contributed by atoms with Crippen LogP contribution in [0.4, 0.5) is 11.6 Å². The van der Waals surface area contributed by atoms with Gasteiger partial charge in [-0.05, 0) is 24.3 Å². The first-order valence-corrected chi connectivity index (χ1v) is 10.8. The van der Waals surface area contributed by atoms with Crippen molar-refractivity contribution in [3.8, 4) is 28.5 Å². The summed E-state index contributed by atoms with van der Waals surface area (Å²) in [7, 11) is 4.75. The van der Waals surface area contributed by atoms with Crippen LogP contribution in [0, 0.1) is 0 Å². The quantitative estimate of drug-likeness (QED) is 0.333. The molecule has 0 spiro atoms. The predicted octanol–water partition coefficient (Wildman–Crippen LogP) is 6.28. The molecule has 0 bridgehead atoms. The van der Waals surface area contributed by atoms with Crippen LogP contribution in [0.3, 0.4) is 0 Å². The molecule has 0 aliphatic carbocycles. The third-order valence-corrected chi connectivity index (χ3v) is 6.40. The number of fused-ring (bicyclic) bond motifs is 3. The summed E-state index contributed by atoms with van der Waals surface area (Å²) in [5.74, 6) is 2.12. The van der Waals surface area contributed by atoms with Gasteiger partial charge in [0, 0.05) is 49.8 Å². The lowest BCUT2D eigenvalue weighted by molar-refractivity contribution is 0.324. The summed E-state index contributed by atoms with van der Waals surface area (Å²) >= 11 is 1.80. The molecule has 0 radical (unpaired) electrons. The molecule has 32 heavy (non-hydrogen) atoms. The molecular formula is C25H21N3O3S. The fourth-order valence-corrected chi connectivity index (χ4v) is 4.83. The van der Waals surface area contributed by atoms with Gasteiger partial charge in [0.2, 0.25) is 11.7 Å². The fourth-order valence-electron chi connectivity index (χ4n) is 3.75. The normalized spacial score (nSPS) is 11.0. The second-order valence-electron chi connectivity index (χ2n) is 7.11. The fraction of sp³-hybridized carbons (Fsp3) is 0.120. The molecule has 160 valence electrons. The van der Waals surface area contributed by atoms with Crippen LogP contribution < -0.4 is 19.5 Å². The smallest absolute Gasteiger partial charge is 0.227 e. The molecule has 7 heteroatoms. The Hall–Kier alpha value is -3.84. The maximum Gasteiger partial charge on any atom is 0.227 e. The van der Waals surface area contributed by atoms with E-state index in [2.05, 4.69) is 52.8 Å². The van der Waals surface area contributed by atoms with E-state index in [0.717, 1.165) is 16.9 Å². The third-order valence-electron chi connectivity index (χ3n) is 5.25. The monoisotopic (exact) mass is 443 g/mol. The van der Waals surface area contributed by atoms with Crippen molar-refractivity contribution in [1.82, 2.24) is 9.97 Å². The molecule has 3 aromatic carbocycles. The molecule has 0 aliphatic heterocycles. The van der Waals surface area contributed by atoms with E-state index in [4.69, 9.17) is 19.2 Å². The molecule has 5 rings (SSSR count). The molecule has 0 aliphatic rings. The highest BCUT2D eigenvalue weighted by Crippen LogP contribution is 2.40. The first kappa shape index (κ1) is 20.1. The van der Waals surface area contributed by atoms with Crippen LogP contribution in [-0.4, -0.2) is 31.3 Å². The minimum Gasteiger partial charge on any atom is -0.493 e. The molecular weight excluding hydrogens is 422 g/mol. The maximum atomic E-state index is 5.43. The van der Waals surface area contributed by atoms with Gasteiger partial charge in [0.05, 0.1) is 27.0 Å². The SMILES string of the molecule is COc1cc(Nc2nccc(-c3ccc4sc5ccccc5c4c3)n2)cc(OC)c1OC.